The molecule has 28 heavy (non-hydrogen) atoms. The number of rotatable bonds is 7. The Morgan fingerprint density at radius 1 is 1.14 bits per heavy atom. The second kappa shape index (κ2) is 9.69. The van der Waals surface area contributed by atoms with E-state index in [1.54, 1.807) is 22.9 Å². The zero-order valence-electron chi connectivity index (χ0n) is 16.8. The predicted octanol–water partition coefficient (Wildman–Crippen LogP) is 5.33. The number of thioether (sulfide) groups is 1. The molecule has 1 aliphatic heterocycles. The molecule has 1 atom stereocenters. The van der Waals surface area contributed by atoms with Gasteiger partial charge >= 0.3 is 0 Å². The van der Waals surface area contributed by atoms with E-state index in [0.29, 0.717) is 11.7 Å². The molecule has 0 aliphatic carbocycles. The molecule has 0 N–H and O–H groups in total. The predicted molar refractivity (Wildman–Crippen MR) is 119 cm³/mol. The number of amides is 1. The van der Waals surface area contributed by atoms with E-state index in [1.807, 2.05) is 36.4 Å². The first-order valence-corrected chi connectivity index (χ1v) is 10.7. The number of nitrogens with zero attached hydrogens (tertiary/aromatic N) is 3. The van der Waals surface area contributed by atoms with Crippen LogP contribution < -0.4 is 0 Å². The lowest BCUT2D eigenvalue weighted by Gasteiger charge is -2.15. The molecule has 1 aliphatic rings. The van der Waals surface area contributed by atoms with Crippen LogP contribution in [-0.2, 0) is 11.3 Å². The fraction of sp³-hybridized carbons (Fsp3) is 0.348. The fourth-order valence-corrected chi connectivity index (χ4v) is 4.32. The van der Waals surface area contributed by atoms with Crippen molar-refractivity contribution in [2.45, 2.75) is 51.8 Å². The first kappa shape index (κ1) is 20.3. The second-order valence-electron chi connectivity index (χ2n) is 7.15. The summed E-state index contributed by atoms with van der Waals surface area (Å²) in [5, 5.41) is 9.36. The van der Waals surface area contributed by atoms with E-state index < -0.39 is 0 Å². The topological polar surface area (TPSA) is 45.0 Å². The number of hydrogen-bond acceptors (Lipinski definition) is 4. The molecule has 5 heteroatoms. The van der Waals surface area contributed by atoms with Gasteiger partial charge in [0.05, 0.1) is 18.0 Å². The molecule has 0 aromatic heterocycles. The van der Waals surface area contributed by atoms with Crippen LogP contribution in [0.15, 0.2) is 58.7 Å². The average molecular weight is 394 g/mol. The Balaban J connectivity index is 1.80. The lowest BCUT2D eigenvalue weighted by molar-refractivity contribution is -0.126. The van der Waals surface area contributed by atoms with Gasteiger partial charge < -0.3 is 0 Å². The lowest BCUT2D eigenvalue weighted by Crippen LogP contribution is -2.31. The van der Waals surface area contributed by atoms with Gasteiger partial charge in [0.1, 0.15) is 0 Å². The Bertz CT molecular complexity index is 877. The van der Waals surface area contributed by atoms with Crippen molar-refractivity contribution < 1.29 is 4.79 Å². The SMILES string of the molecule is CCCC[C@H]1S/C(=N/N=C\c2ccc(C)cc2C)N(Cc2ccccc2)C1=O. The van der Waals surface area contributed by atoms with Crippen LogP contribution >= 0.6 is 11.8 Å². The van der Waals surface area contributed by atoms with Crippen molar-refractivity contribution in [3.05, 3.63) is 70.8 Å². The van der Waals surface area contributed by atoms with Crippen LogP contribution in [0.25, 0.3) is 0 Å². The van der Waals surface area contributed by atoms with Crippen LogP contribution in [0.3, 0.4) is 0 Å². The van der Waals surface area contributed by atoms with Gasteiger partial charge in [-0.05, 0) is 37.0 Å². The van der Waals surface area contributed by atoms with Crippen molar-refractivity contribution in [3.8, 4) is 0 Å². The summed E-state index contributed by atoms with van der Waals surface area (Å²) in [7, 11) is 0. The fourth-order valence-electron chi connectivity index (χ4n) is 3.18. The minimum absolute atomic E-state index is 0.0567. The van der Waals surface area contributed by atoms with Gasteiger partial charge in [0.15, 0.2) is 5.17 Å². The Morgan fingerprint density at radius 3 is 2.64 bits per heavy atom. The minimum atomic E-state index is -0.0567. The maximum atomic E-state index is 12.9. The summed E-state index contributed by atoms with van der Waals surface area (Å²) in [4.78, 5) is 14.7. The quantitative estimate of drug-likeness (QED) is 0.471. The summed E-state index contributed by atoms with van der Waals surface area (Å²) in [6.45, 7) is 6.83. The van der Waals surface area contributed by atoms with Gasteiger partial charge in [0.25, 0.3) is 0 Å². The number of amidine groups is 1. The van der Waals surface area contributed by atoms with Gasteiger partial charge in [0, 0.05) is 0 Å². The summed E-state index contributed by atoms with van der Waals surface area (Å²) in [6.07, 6.45) is 4.78. The Hall–Kier alpha value is -2.40. The molecule has 2 aromatic rings. The van der Waals surface area contributed by atoms with Crippen LogP contribution in [0.2, 0.25) is 0 Å². The molecule has 0 bridgehead atoms. The van der Waals surface area contributed by atoms with E-state index >= 15 is 0 Å². The van der Waals surface area contributed by atoms with E-state index in [-0.39, 0.29) is 11.2 Å². The first-order chi connectivity index (χ1) is 13.6. The Kier molecular flexibility index (Phi) is 7.04. The van der Waals surface area contributed by atoms with E-state index in [0.717, 1.165) is 30.4 Å². The second-order valence-corrected chi connectivity index (χ2v) is 8.32. The summed E-state index contributed by atoms with van der Waals surface area (Å²) < 4.78 is 0. The van der Waals surface area contributed by atoms with Crippen molar-refractivity contribution in [3.63, 3.8) is 0 Å². The third-order valence-electron chi connectivity index (χ3n) is 4.79. The molecule has 4 nitrogen and oxygen atoms in total. The molecule has 3 rings (SSSR count). The summed E-state index contributed by atoms with van der Waals surface area (Å²) in [5.74, 6) is 0.141. The van der Waals surface area contributed by atoms with E-state index in [9.17, 15) is 4.79 Å². The molecule has 0 unspecified atom stereocenters. The number of hydrogen-bond donors (Lipinski definition) is 0. The van der Waals surface area contributed by atoms with Gasteiger partial charge in [-0.15, -0.1) is 5.10 Å². The number of carbonyl (C=O) groups is 1. The van der Waals surface area contributed by atoms with Gasteiger partial charge in [-0.1, -0.05) is 85.6 Å². The monoisotopic (exact) mass is 393 g/mol. The molecular formula is C23H27N3OS. The van der Waals surface area contributed by atoms with Crippen LogP contribution in [-0.4, -0.2) is 27.4 Å². The first-order valence-electron chi connectivity index (χ1n) is 9.78. The summed E-state index contributed by atoms with van der Waals surface area (Å²) >= 11 is 1.54. The maximum absolute atomic E-state index is 12.9. The molecule has 0 saturated carbocycles. The third-order valence-corrected chi connectivity index (χ3v) is 6.02. The molecule has 146 valence electrons. The van der Waals surface area contributed by atoms with Crippen LogP contribution in [0, 0.1) is 13.8 Å². The van der Waals surface area contributed by atoms with E-state index in [1.165, 1.54) is 11.1 Å². The van der Waals surface area contributed by atoms with Crippen molar-refractivity contribution in [2.75, 3.05) is 0 Å². The average Bonchev–Trinajstić information content (AvgIpc) is 2.98. The van der Waals surface area contributed by atoms with Crippen LogP contribution in [0.4, 0.5) is 0 Å². The highest BCUT2D eigenvalue weighted by molar-refractivity contribution is 8.15. The maximum Gasteiger partial charge on any atom is 0.242 e. The van der Waals surface area contributed by atoms with Gasteiger partial charge in [0.2, 0.25) is 5.91 Å². The molecular weight excluding hydrogens is 366 g/mol. The van der Waals surface area contributed by atoms with E-state index in [2.05, 4.69) is 43.1 Å². The summed E-state index contributed by atoms with van der Waals surface area (Å²) in [6, 6.07) is 16.3. The highest BCUT2D eigenvalue weighted by Gasteiger charge is 2.37. The van der Waals surface area contributed by atoms with Crippen molar-refractivity contribution in [1.82, 2.24) is 4.90 Å². The van der Waals surface area contributed by atoms with Crippen molar-refractivity contribution in [1.29, 1.82) is 0 Å². The normalized spacial score (nSPS) is 18.5. The lowest BCUT2D eigenvalue weighted by atomic mass is 10.1. The Labute approximate surface area is 171 Å². The Morgan fingerprint density at radius 2 is 1.93 bits per heavy atom. The van der Waals surface area contributed by atoms with Crippen molar-refractivity contribution >= 4 is 29.1 Å². The minimum Gasteiger partial charge on any atom is -0.284 e. The van der Waals surface area contributed by atoms with Gasteiger partial charge in [-0.2, -0.15) is 5.10 Å². The van der Waals surface area contributed by atoms with Crippen LogP contribution in [0.1, 0.15) is 48.4 Å². The number of unbranched alkanes of at least 4 members (excludes halogenated alkanes) is 1. The smallest absolute Gasteiger partial charge is 0.242 e. The third kappa shape index (κ3) is 5.10. The van der Waals surface area contributed by atoms with Crippen molar-refractivity contribution in [2.24, 2.45) is 10.2 Å². The number of benzene rings is 2. The number of aryl methyl sites for hydroxylation is 2. The molecule has 1 amide bonds. The zero-order chi connectivity index (χ0) is 19.9. The highest BCUT2D eigenvalue weighted by Crippen LogP contribution is 2.32. The molecule has 1 fully saturated rings. The van der Waals surface area contributed by atoms with Crippen LogP contribution in [0.5, 0.6) is 0 Å². The summed E-state index contributed by atoms with van der Waals surface area (Å²) in [5.41, 5.74) is 4.53. The molecule has 1 heterocycles. The zero-order valence-corrected chi connectivity index (χ0v) is 17.6. The molecule has 0 spiro atoms. The highest BCUT2D eigenvalue weighted by atomic mass is 32.2. The number of carbonyl (C=O) groups excluding carboxylic acids is 1. The standard InChI is InChI=1S/C23H27N3OS/c1-4-5-11-21-22(27)26(16-19-9-7-6-8-10-19)23(28-21)25-24-15-20-13-12-17(2)14-18(20)3/h6-10,12-15,21H,4-5,11,16H2,1-3H3/b24-15-,25-23+/t21-/m1/s1. The van der Waals surface area contributed by atoms with Gasteiger partial charge in [-0.25, -0.2) is 0 Å². The van der Waals surface area contributed by atoms with Gasteiger partial charge in [-0.3, -0.25) is 9.69 Å². The molecule has 0 radical (unpaired) electrons. The van der Waals surface area contributed by atoms with E-state index in [4.69, 9.17) is 0 Å². The molecule has 1 saturated heterocycles. The molecule has 2 aromatic carbocycles. The largest absolute Gasteiger partial charge is 0.284 e.